The molecule has 116 valence electrons. The Bertz CT molecular complexity index is 691. The number of piperidine rings is 1. The van der Waals surface area contributed by atoms with Crippen LogP contribution in [0.25, 0.3) is 0 Å². The van der Waals surface area contributed by atoms with Crippen LogP contribution in [0.15, 0.2) is 45.7 Å². The van der Waals surface area contributed by atoms with E-state index in [2.05, 4.69) is 5.16 Å². The summed E-state index contributed by atoms with van der Waals surface area (Å²) in [5.74, 6) is 0.750. The van der Waals surface area contributed by atoms with Crippen LogP contribution in [0.5, 0.6) is 0 Å². The highest BCUT2D eigenvalue weighted by Gasteiger charge is 2.35. The minimum absolute atomic E-state index is 0.0902. The molecule has 1 amide bonds. The smallest absolute Gasteiger partial charge is 0.409 e. The number of aromatic amines is 1. The lowest BCUT2D eigenvalue weighted by atomic mass is 9.86. The quantitative estimate of drug-likeness (QED) is 0.925. The number of amides is 1. The Morgan fingerprint density at radius 1 is 1.36 bits per heavy atom. The van der Waals surface area contributed by atoms with Crippen molar-refractivity contribution in [3.63, 3.8) is 0 Å². The predicted octanol–water partition coefficient (Wildman–Crippen LogP) is 2.66. The van der Waals surface area contributed by atoms with Crippen molar-refractivity contribution in [2.75, 3.05) is 13.7 Å². The van der Waals surface area contributed by atoms with Crippen LogP contribution < -0.4 is 5.56 Å². The summed E-state index contributed by atoms with van der Waals surface area (Å²) >= 11 is 0. The standard InChI is InChI=1S/C16H18N2O4/c1-21-16(20)18-8-7-12(14-10-15(19)17-22-14)9-13(18)11-5-3-2-4-6-11/h2-6,10,12-13H,7-9H2,1H3,(H,17,19)/t12-,13-/m0/s1. The van der Waals surface area contributed by atoms with Gasteiger partial charge in [-0.3, -0.25) is 4.79 Å². The molecule has 2 atom stereocenters. The third-order valence-corrected chi connectivity index (χ3v) is 4.14. The lowest BCUT2D eigenvalue weighted by molar-refractivity contribution is 0.0815. The second-order valence-corrected chi connectivity index (χ2v) is 5.43. The van der Waals surface area contributed by atoms with E-state index in [-0.39, 0.29) is 23.6 Å². The first-order chi connectivity index (χ1) is 10.7. The van der Waals surface area contributed by atoms with Gasteiger partial charge in [-0.1, -0.05) is 30.3 Å². The van der Waals surface area contributed by atoms with Crippen LogP contribution in [0.4, 0.5) is 4.79 Å². The number of carbonyl (C=O) groups is 1. The van der Waals surface area contributed by atoms with Crippen LogP contribution in [0.3, 0.4) is 0 Å². The molecule has 0 aliphatic carbocycles. The average molecular weight is 302 g/mol. The van der Waals surface area contributed by atoms with Crippen molar-refractivity contribution >= 4 is 6.09 Å². The highest BCUT2D eigenvalue weighted by molar-refractivity contribution is 5.68. The average Bonchev–Trinajstić information content (AvgIpc) is 3.01. The molecule has 2 aromatic rings. The molecule has 0 unspecified atom stereocenters. The number of rotatable bonds is 2. The fourth-order valence-corrected chi connectivity index (χ4v) is 3.05. The number of methoxy groups -OCH3 is 1. The number of H-pyrrole nitrogens is 1. The number of nitrogens with zero attached hydrogens (tertiary/aromatic N) is 1. The Morgan fingerprint density at radius 2 is 2.14 bits per heavy atom. The Hall–Kier alpha value is -2.50. The van der Waals surface area contributed by atoms with Gasteiger partial charge < -0.3 is 14.2 Å². The summed E-state index contributed by atoms with van der Waals surface area (Å²) in [6.45, 7) is 0.561. The largest absolute Gasteiger partial charge is 0.453 e. The molecule has 1 aromatic carbocycles. The van der Waals surface area contributed by atoms with Gasteiger partial charge in [-0.2, -0.15) is 5.16 Å². The molecule has 2 heterocycles. The van der Waals surface area contributed by atoms with Crippen molar-refractivity contribution in [2.24, 2.45) is 0 Å². The van der Waals surface area contributed by atoms with E-state index in [1.807, 2.05) is 30.3 Å². The molecule has 3 rings (SSSR count). The molecule has 22 heavy (non-hydrogen) atoms. The molecule has 1 fully saturated rings. The van der Waals surface area contributed by atoms with Gasteiger partial charge in [0, 0.05) is 18.5 Å². The first kappa shape index (κ1) is 14.4. The zero-order chi connectivity index (χ0) is 15.5. The van der Waals surface area contributed by atoms with Crippen molar-refractivity contribution in [1.29, 1.82) is 0 Å². The van der Waals surface area contributed by atoms with Gasteiger partial charge in [0.2, 0.25) is 0 Å². The molecule has 0 radical (unpaired) electrons. The van der Waals surface area contributed by atoms with Crippen LogP contribution in [-0.2, 0) is 4.74 Å². The normalized spacial score (nSPS) is 21.6. The summed E-state index contributed by atoms with van der Waals surface area (Å²) in [6.07, 6.45) is 1.10. The topological polar surface area (TPSA) is 75.5 Å². The third-order valence-electron chi connectivity index (χ3n) is 4.14. The summed E-state index contributed by atoms with van der Waals surface area (Å²) in [5, 5.41) is 2.33. The van der Waals surface area contributed by atoms with Crippen LogP contribution in [0, 0.1) is 0 Å². The number of hydrogen-bond donors (Lipinski definition) is 1. The van der Waals surface area contributed by atoms with Crippen LogP contribution in [-0.4, -0.2) is 29.8 Å². The van der Waals surface area contributed by atoms with E-state index >= 15 is 0 Å². The van der Waals surface area contributed by atoms with E-state index < -0.39 is 0 Å². The fourth-order valence-electron chi connectivity index (χ4n) is 3.05. The number of hydrogen-bond acceptors (Lipinski definition) is 4. The molecule has 6 nitrogen and oxygen atoms in total. The van der Waals surface area contributed by atoms with Crippen molar-refractivity contribution in [3.05, 3.63) is 58.1 Å². The summed E-state index contributed by atoms with van der Waals surface area (Å²) in [4.78, 5) is 25.0. The molecule has 1 aliphatic rings. The van der Waals surface area contributed by atoms with E-state index in [0.29, 0.717) is 18.7 Å². The second kappa shape index (κ2) is 6.09. The third kappa shape index (κ3) is 2.77. The van der Waals surface area contributed by atoms with E-state index in [1.165, 1.54) is 13.2 Å². The maximum Gasteiger partial charge on any atom is 0.409 e. The van der Waals surface area contributed by atoms with Crippen molar-refractivity contribution < 1.29 is 14.1 Å². The first-order valence-corrected chi connectivity index (χ1v) is 7.27. The first-order valence-electron chi connectivity index (χ1n) is 7.27. The second-order valence-electron chi connectivity index (χ2n) is 5.43. The van der Waals surface area contributed by atoms with E-state index in [4.69, 9.17) is 9.26 Å². The zero-order valence-corrected chi connectivity index (χ0v) is 12.3. The van der Waals surface area contributed by atoms with Gasteiger partial charge in [0.15, 0.2) is 0 Å². The SMILES string of the molecule is COC(=O)N1CC[C@H](c2cc(=O)[nH]o2)C[C@H]1c1ccccc1. The maximum absolute atomic E-state index is 12.0. The van der Waals surface area contributed by atoms with Gasteiger partial charge in [-0.05, 0) is 18.4 Å². The Balaban J connectivity index is 1.88. The van der Waals surface area contributed by atoms with Gasteiger partial charge >= 0.3 is 6.09 Å². The lowest BCUT2D eigenvalue weighted by Crippen LogP contribution is -2.40. The highest BCUT2D eigenvalue weighted by atomic mass is 16.5. The van der Waals surface area contributed by atoms with Gasteiger partial charge in [0.25, 0.3) is 5.56 Å². The fraction of sp³-hybridized carbons (Fsp3) is 0.375. The molecule has 0 spiro atoms. The molecule has 1 N–H and O–H groups in total. The number of benzene rings is 1. The maximum atomic E-state index is 12.0. The number of carbonyl (C=O) groups excluding carboxylic acids is 1. The summed E-state index contributed by atoms with van der Waals surface area (Å²) in [7, 11) is 1.39. The monoisotopic (exact) mass is 302 g/mol. The van der Waals surface area contributed by atoms with Gasteiger partial charge in [-0.15, -0.1) is 0 Å². The summed E-state index contributed by atoms with van der Waals surface area (Å²) in [6, 6.07) is 11.2. The molecule has 1 saturated heterocycles. The minimum atomic E-state index is -0.331. The number of likely N-dealkylation sites (tertiary alicyclic amines) is 1. The van der Waals surface area contributed by atoms with E-state index in [0.717, 1.165) is 12.0 Å². The Labute approximate surface area is 127 Å². The molecule has 1 aliphatic heterocycles. The molecule has 0 bridgehead atoms. The summed E-state index contributed by atoms with van der Waals surface area (Å²) < 4.78 is 10.1. The molecule has 0 saturated carbocycles. The summed E-state index contributed by atoms with van der Waals surface area (Å²) in [5.41, 5.74) is 0.817. The molecular weight excluding hydrogens is 284 g/mol. The van der Waals surface area contributed by atoms with Crippen molar-refractivity contribution in [1.82, 2.24) is 10.1 Å². The zero-order valence-electron chi connectivity index (χ0n) is 12.3. The van der Waals surface area contributed by atoms with Gasteiger partial charge in [0.05, 0.1) is 13.2 Å². The van der Waals surface area contributed by atoms with Gasteiger partial charge in [-0.25, -0.2) is 4.79 Å². The Morgan fingerprint density at radius 3 is 2.77 bits per heavy atom. The van der Waals surface area contributed by atoms with Gasteiger partial charge in [0.1, 0.15) is 5.76 Å². The van der Waals surface area contributed by atoms with Crippen LogP contribution >= 0.6 is 0 Å². The number of ether oxygens (including phenoxy) is 1. The number of aromatic nitrogens is 1. The van der Waals surface area contributed by atoms with Crippen molar-refractivity contribution in [3.8, 4) is 0 Å². The molecule has 1 aromatic heterocycles. The predicted molar refractivity (Wildman–Crippen MR) is 79.6 cm³/mol. The Kier molecular flexibility index (Phi) is 4.00. The highest BCUT2D eigenvalue weighted by Crippen LogP contribution is 2.39. The van der Waals surface area contributed by atoms with Crippen LogP contribution in [0.1, 0.15) is 36.1 Å². The van der Waals surface area contributed by atoms with E-state index in [1.54, 1.807) is 4.90 Å². The van der Waals surface area contributed by atoms with Crippen LogP contribution in [0.2, 0.25) is 0 Å². The molecular formula is C16H18N2O4. The van der Waals surface area contributed by atoms with E-state index in [9.17, 15) is 9.59 Å². The van der Waals surface area contributed by atoms with Crippen molar-refractivity contribution in [2.45, 2.75) is 24.8 Å². The number of nitrogens with one attached hydrogen (secondary N) is 1. The lowest BCUT2D eigenvalue weighted by Gasteiger charge is -2.38. The minimum Gasteiger partial charge on any atom is -0.453 e. The molecule has 6 heteroatoms.